The zero-order valence-corrected chi connectivity index (χ0v) is 15.0. The highest BCUT2D eigenvalue weighted by Crippen LogP contribution is 2.23. The largest absolute Gasteiger partial charge is 0.450 e. The Kier molecular flexibility index (Phi) is 4.32. The first kappa shape index (κ1) is 16.6. The fourth-order valence-electron chi connectivity index (χ4n) is 3.38. The minimum Gasteiger partial charge on any atom is -0.450 e. The first-order chi connectivity index (χ1) is 12.7. The van der Waals surface area contributed by atoms with Gasteiger partial charge in [0.2, 0.25) is 5.65 Å². The summed E-state index contributed by atoms with van der Waals surface area (Å²) in [7, 11) is 0. The molecular weight excluding hydrogens is 332 g/mol. The van der Waals surface area contributed by atoms with Crippen molar-refractivity contribution in [1.82, 2.24) is 24.5 Å². The number of aryl methyl sites for hydroxylation is 1. The predicted molar refractivity (Wildman–Crippen MR) is 98.3 cm³/mol. The van der Waals surface area contributed by atoms with E-state index in [1.54, 1.807) is 11.2 Å². The fourth-order valence-corrected chi connectivity index (χ4v) is 3.38. The molecule has 4 rings (SSSR count). The van der Waals surface area contributed by atoms with Crippen LogP contribution in [0.5, 0.6) is 0 Å². The monoisotopic (exact) mass is 354 g/mol. The molecule has 0 spiro atoms. The molecule has 0 saturated carbocycles. The van der Waals surface area contributed by atoms with Crippen molar-refractivity contribution in [3.8, 4) is 0 Å². The number of benzene rings is 1. The molecule has 8 heteroatoms. The van der Waals surface area contributed by atoms with Crippen molar-refractivity contribution in [2.24, 2.45) is 0 Å². The van der Waals surface area contributed by atoms with Crippen LogP contribution >= 0.6 is 0 Å². The number of rotatable bonds is 3. The number of piperidine rings is 1. The summed E-state index contributed by atoms with van der Waals surface area (Å²) >= 11 is 0. The van der Waals surface area contributed by atoms with Crippen molar-refractivity contribution in [3.05, 3.63) is 30.1 Å². The molecule has 0 aliphatic carbocycles. The quantitative estimate of drug-likeness (QED) is 0.778. The second kappa shape index (κ2) is 6.78. The number of anilines is 1. The van der Waals surface area contributed by atoms with Crippen LogP contribution in [-0.2, 0) is 4.74 Å². The van der Waals surface area contributed by atoms with Gasteiger partial charge < -0.3 is 15.0 Å². The second-order valence-corrected chi connectivity index (χ2v) is 6.58. The molecule has 0 unspecified atom stereocenters. The summed E-state index contributed by atoms with van der Waals surface area (Å²) in [6.45, 7) is 5.63. The Morgan fingerprint density at radius 2 is 2.15 bits per heavy atom. The molecule has 0 bridgehead atoms. The number of nitrogens with one attached hydrogen (secondary N) is 1. The van der Waals surface area contributed by atoms with E-state index in [-0.39, 0.29) is 12.1 Å². The van der Waals surface area contributed by atoms with Gasteiger partial charge in [-0.2, -0.15) is 0 Å². The number of hydrogen-bond donors (Lipinski definition) is 1. The molecule has 26 heavy (non-hydrogen) atoms. The third-order valence-corrected chi connectivity index (χ3v) is 4.74. The number of likely N-dealkylation sites (tertiary alicyclic amines) is 1. The molecule has 1 fully saturated rings. The van der Waals surface area contributed by atoms with Crippen molar-refractivity contribution >= 4 is 28.6 Å². The molecule has 1 saturated heterocycles. The highest BCUT2D eigenvalue weighted by molar-refractivity contribution is 5.83. The zero-order chi connectivity index (χ0) is 18.1. The van der Waals surface area contributed by atoms with Gasteiger partial charge in [0, 0.05) is 19.1 Å². The zero-order valence-electron chi connectivity index (χ0n) is 15.0. The van der Waals surface area contributed by atoms with E-state index in [2.05, 4.69) is 28.5 Å². The molecule has 1 aliphatic heterocycles. The number of amides is 1. The van der Waals surface area contributed by atoms with Crippen LogP contribution in [0.4, 0.5) is 10.6 Å². The van der Waals surface area contributed by atoms with Crippen molar-refractivity contribution in [3.63, 3.8) is 0 Å². The van der Waals surface area contributed by atoms with Crippen LogP contribution in [0.3, 0.4) is 0 Å². The maximum Gasteiger partial charge on any atom is 0.409 e. The number of carbonyl (C=O) groups excluding carboxylic acids is 1. The van der Waals surface area contributed by atoms with Gasteiger partial charge in [-0.1, -0.05) is 6.07 Å². The lowest BCUT2D eigenvalue weighted by Gasteiger charge is -2.31. The molecule has 2 aromatic heterocycles. The average molecular weight is 354 g/mol. The Balaban J connectivity index is 1.55. The molecule has 1 amide bonds. The Bertz CT molecular complexity index is 945. The van der Waals surface area contributed by atoms with Crippen LogP contribution in [0.2, 0.25) is 0 Å². The van der Waals surface area contributed by atoms with Crippen molar-refractivity contribution in [2.75, 3.05) is 25.0 Å². The van der Waals surface area contributed by atoms with Gasteiger partial charge in [0.1, 0.15) is 6.33 Å². The Morgan fingerprint density at radius 1 is 1.35 bits per heavy atom. The SMILES string of the molecule is CCOC(=O)N1CCC(Nc2nc3ccc(C)cc3n3cnnc23)CC1. The molecule has 136 valence electrons. The summed E-state index contributed by atoms with van der Waals surface area (Å²) < 4.78 is 7.04. The molecular formula is C18H22N6O2. The van der Waals surface area contributed by atoms with Crippen LogP contribution in [0.15, 0.2) is 24.5 Å². The number of ether oxygens (including phenoxy) is 1. The van der Waals surface area contributed by atoms with E-state index in [4.69, 9.17) is 9.72 Å². The lowest BCUT2D eigenvalue weighted by Crippen LogP contribution is -2.42. The fraction of sp³-hybridized carbons (Fsp3) is 0.444. The Morgan fingerprint density at radius 3 is 2.92 bits per heavy atom. The van der Waals surface area contributed by atoms with E-state index >= 15 is 0 Å². The van der Waals surface area contributed by atoms with Gasteiger partial charge >= 0.3 is 6.09 Å². The normalized spacial score (nSPS) is 15.5. The number of carbonyl (C=O) groups is 1. The van der Waals surface area contributed by atoms with E-state index < -0.39 is 0 Å². The third kappa shape index (κ3) is 3.02. The molecule has 1 aliphatic rings. The lowest BCUT2D eigenvalue weighted by atomic mass is 10.1. The van der Waals surface area contributed by atoms with Gasteiger partial charge in [0.15, 0.2) is 5.82 Å². The molecule has 1 N–H and O–H groups in total. The van der Waals surface area contributed by atoms with Gasteiger partial charge in [-0.15, -0.1) is 10.2 Å². The van der Waals surface area contributed by atoms with Crippen LogP contribution in [0.1, 0.15) is 25.3 Å². The van der Waals surface area contributed by atoms with Gasteiger partial charge in [0.05, 0.1) is 17.6 Å². The number of hydrogen-bond acceptors (Lipinski definition) is 6. The summed E-state index contributed by atoms with van der Waals surface area (Å²) in [6.07, 6.45) is 3.16. The molecule has 1 aromatic carbocycles. The number of aromatic nitrogens is 4. The molecule has 0 atom stereocenters. The van der Waals surface area contributed by atoms with Gasteiger partial charge in [-0.05, 0) is 44.4 Å². The maximum absolute atomic E-state index is 11.8. The lowest BCUT2D eigenvalue weighted by molar-refractivity contribution is 0.0983. The van der Waals surface area contributed by atoms with Crippen LogP contribution in [0, 0.1) is 6.92 Å². The molecule has 3 aromatic rings. The van der Waals surface area contributed by atoms with E-state index in [1.165, 1.54) is 5.56 Å². The van der Waals surface area contributed by atoms with E-state index in [9.17, 15) is 4.79 Å². The first-order valence-electron chi connectivity index (χ1n) is 8.94. The number of fused-ring (bicyclic) bond motifs is 3. The summed E-state index contributed by atoms with van der Waals surface area (Å²) in [5.41, 5.74) is 3.78. The molecule has 8 nitrogen and oxygen atoms in total. The number of nitrogens with zero attached hydrogens (tertiary/aromatic N) is 5. The van der Waals surface area contributed by atoms with E-state index in [0.717, 1.165) is 35.3 Å². The van der Waals surface area contributed by atoms with Crippen molar-refractivity contribution < 1.29 is 9.53 Å². The van der Waals surface area contributed by atoms with E-state index in [1.807, 2.05) is 23.5 Å². The summed E-state index contributed by atoms with van der Waals surface area (Å²) in [5, 5.41) is 11.8. The van der Waals surface area contributed by atoms with Crippen molar-refractivity contribution in [1.29, 1.82) is 0 Å². The minimum absolute atomic E-state index is 0.231. The second-order valence-electron chi connectivity index (χ2n) is 6.58. The van der Waals surface area contributed by atoms with Crippen LogP contribution < -0.4 is 5.32 Å². The molecule has 0 radical (unpaired) electrons. The average Bonchev–Trinajstić information content (AvgIpc) is 3.13. The third-order valence-electron chi connectivity index (χ3n) is 4.74. The van der Waals surface area contributed by atoms with E-state index in [0.29, 0.717) is 19.7 Å². The molecule has 3 heterocycles. The van der Waals surface area contributed by atoms with Gasteiger partial charge in [-0.3, -0.25) is 4.40 Å². The van der Waals surface area contributed by atoms with Gasteiger partial charge in [0.25, 0.3) is 0 Å². The highest BCUT2D eigenvalue weighted by atomic mass is 16.6. The Labute approximate surface area is 151 Å². The summed E-state index contributed by atoms with van der Waals surface area (Å²) in [5.74, 6) is 0.730. The predicted octanol–water partition coefficient (Wildman–Crippen LogP) is 2.62. The first-order valence-corrected chi connectivity index (χ1v) is 8.94. The summed E-state index contributed by atoms with van der Waals surface area (Å²) in [4.78, 5) is 18.3. The maximum atomic E-state index is 11.8. The van der Waals surface area contributed by atoms with Crippen molar-refractivity contribution in [2.45, 2.75) is 32.7 Å². The smallest absolute Gasteiger partial charge is 0.409 e. The Hall–Kier alpha value is -2.90. The standard InChI is InChI=1S/C18H22N6O2/c1-3-26-18(25)23-8-6-13(7-9-23)20-16-17-22-19-11-24(17)15-10-12(2)4-5-14(15)21-16/h4-5,10-11,13H,3,6-9H2,1-2H3,(H,20,21). The minimum atomic E-state index is -0.231. The van der Waals surface area contributed by atoms with Crippen LogP contribution in [-0.4, -0.2) is 56.3 Å². The highest BCUT2D eigenvalue weighted by Gasteiger charge is 2.24. The topological polar surface area (TPSA) is 84.7 Å². The van der Waals surface area contributed by atoms with Crippen LogP contribution in [0.25, 0.3) is 16.7 Å². The summed E-state index contributed by atoms with van der Waals surface area (Å²) in [6, 6.07) is 6.38. The van der Waals surface area contributed by atoms with Gasteiger partial charge in [-0.25, -0.2) is 9.78 Å².